The molecule has 0 radical (unpaired) electrons. The summed E-state index contributed by atoms with van der Waals surface area (Å²) in [6, 6.07) is 10.5. The molecule has 3 rings (SSSR count). The molecule has 120 valence electrons. The van der Waals surface area contributed by atoms with E-state index in [1.165, 1.54) is 12.0 Å². The zero-order valence-corrected chi connectivity index (χ0v) is 12.9. The Balaban J connectivity index is 1.82. The number of piperidine rings is 1. The van der Waals surface area contributed by atoms with Gasteiger partial charge in [-0.3, -0.25) is 4.79 Å². The Hall–Kier alpha value is -2.63. The summed E-state index contributed by atoms with van der Waals surface area (Å²) in [5, 5.41) is 3.87. The van der Waals surface area contributed by atoms with Crippen molar-refractivity contribution in [1.82, 2.24) is 10.1 Å². The molecule has 1 unspecified atom stereocenters. The van der Waals surface area contributed by atoms with Gasteiger partial charge >= 0.3 is 5.97 Å². The predicted molar refractivity (Wildman–Crippen MR) is 82.6 cm³/mol. The van der Waals surface area contributed by atoms with E-state index in [0.29, 0.717) is 18.7 Å². The van der Waals surface area contributed by atoms with Crippen molar-refractivity contribution >= 4 is 11.9 Å². The maximum Gasteiger partial charge on any atom is 0.328 e. The van der Waals surface area contributed by atoms with Gasteiger partial charge in [0.2, 0.25) is 0 Å². The van der Waals surface area contributed by atoms with Crippen LogP contribution in [0.15, 0.2) is 40.9 Å². The second-order valence-corrected chi connectivity index (χ2v) is 5.48. The Labute approximate surface area is 134 Å². The number of carbonyl (C=O) groups excluding carboxylic acids is 2. The van der Waals surface area contributed by atoms with Crippen molar-refractivity contribution in [2.45, 2.75) is 25.3 Å². The Kier molecular flexibility index (Phi) is 4.41. The molecule has 1 aliphatic rings. The average Bonchev–Trinajstić information content (AvgIpc) is 3.11. The number of ether oxygens (including phenoxy) is 1. The number of aromatic nitrogens is 1. The van der Waals surface area contributed by atoms with Gasteiger partial charge in [-0.2, -0.15) is 0 Å². The van der Waals surface area contributed by atoms with Crippen LogP contribution in [0.25, 0.3) is 11.3 Å². The highest BCUT2D eigenvalue weighted by molar-refractivity contribution is 5.96. The molecule has 1 aromatic heterocycles. The van der Waals surface area contributed by atoms with E-state index in [1.54, 1.807) is 6.07 Å². The fraction of sp³-hybridized carbons (Fsp3) is 0.353. The first-order chi connectivity index (χ1) is 11.2. The third kappa shape index (κ3) is 3.11. The Morgan fingerprint density at radius 2 is 2.04 bits per heavy atom. The van der Waals surface area contributed by atoms with Crippen LogP contribution in [0.2, 0.25) is 0 Å². The van der Waals surface area contributed by atoms with E-state index in [-0.39, 0.29) is 17.6 Å². The van der Waals surface area contributed by atoms with Gasteiger partial charge in [-0.15, -0.1) is 0 Å². The summed E-state index contributed by atoms with van der Waals surface area (Å²) in [5.41, 5.74) is 1.06. The van der Waals surface area contributed by atoms with Crippen molar-refractivity contribution in [1.29, 1.82) is 0 Å². The number of rotatable bonds is 3. The lowest BCUT2D eigenvalue weighted by atomic mass is 10.0. The summed E-state index contributed by atoms with van der Waals surface area (Å²) < 4.78 is 10.1. The van der Waals surface area contributed by atoms with E-state index >= 15 is 0 Å². The van der Waals surface area contributed by atoms with E-state index in [4.69, 9.17) is 9.26 Å². The lowest BCUT2D eigenvalue weighted by molar-refractivity contribution is -0.147. The highest BCUT2D eigenvalue weighted by Crippen LogP contribution is 2.24. The molecule has 2 aromatic rings. The van der Waals surface area contributed by atoms with Crippen LogP contribution < -0.4 is 0 Å². The van der Waals surface area contributed by atoms with Gasteiger partial charge in [0.15, 0.2) is 11.5 Å². The van der Waals surface area contributed by atoms with Crippen LogP contribution >= 0.6 is 0 Å². The average molecular weight is 314 g/mol. The number of carbonyl (C=O) groups is 2. The molecular weight excluding hydrogens is 296 g/mol. The summed E-state index contributed by atoms with van der Waals surface area (Å²) >= 11 is 0. The molecule has 2 heterocycles. The smallest absolute Gasteiger partial charge is 0.328 e. The topological polar surface area (TPSA) is 72.6 Å². The molecule has 1 fully saturated rings. The summed E-state index contributed by atoms with van der Waals surface area (Å²) in [6.45, 7) is 0.520. The number of methoxy groups -OCH3 is 1. The van der Waals surface area contributed by atoms with E-state index in [9.17, 15) is 9.59 Å². The van der Waals surface area contributed by atoms with Crippen LogP contribution in [-0.4, -0.2) is 41.6 Å². The molecule has 0 bridgehead atoms. The van der Waals surface area contributed by atoms with Crippen LogP contribution in [0.5, 0.6) is 0 Å². The van der Waals surface area contributed by atoms with Crippen LogP contribution in [-0.2, 0) is 9.53 Å². The molecule has 6 nitrogen and oxygen atoms in total. The monoisotopic (exact) mass is 314 g/mol. The van der Waals surface area contributed by atoms with Gasteiger partial charge in [0.1, 0.15) is 6.04 Å². The number of amides is 1. The van der Waals surface area contributed by atoms with Crippen molar-refractivity contribution in [3.05, 3.63) is 42.1 Å². The van der Waals surface area contributed by atoms with Gasteiger partial charge < -0.3 is 14.2 Å². The maximum atomic E-state index is 12.7. The van der Waals surface area contributed by atoms with E-state index in [0.717, 1.165) is 18.4 Å². The van der Waals surface area contributed by atoms with Crippen LogP contribution in [0.3, 0.4) is 0 Å². The standard InChI is InChI=1S/C17H18N2O4/c1-22-17(21)14-9-5-6-10-19(14)16(20)13-11-15(23-18-13)12-7-3-2-4-8-12/h2-4,7-8,11,14H,5-6,9-10H2,1H3. The highest BCUT2D eigenvalue weighted by atomic mass is 16.5. The largest absolute Gasteiger partial charge is 0.467 e. The third-order valence-corrected chi connectivity index (χ3v) is 4.02. The molecule has 6 heteroatoms. The van der Waals surface area contributed by atoms with Gasteiger partial charge in [0.05, 0.1) is 7.11 Å². The minimum absolute atomic E-state index is 0.208. The zero-order chi connectivity index (χ0) is 16.2. The Morgan fingerprint density at radius 1 is 1.26 bits per heavy atom. The van der Waals surface area contributed by atoms with Gasteiger partial charge in [-0.1, -0.05) is 35.5 Å². The zero-order valence-electron chi connectivity index (χ0n) is 12.9. The highest BCUT2D eigenvalue weighted by Gasteiger charge is 2.34. The second-order valence-electron chi connectivity index (χ2n) is 5.48. The quantitative estimate of drug-likeness (QED) is 0.814. The molecule has 1 amide bonds. The van der Waals surface area contributed by atoms with Crippen molar-refractivity contribution in [3.63, 3.8) is 0 Å². The van der Waals surface area contributed by atoms with Crippen molar-refractivity contribution in [2.24, 2.45) is 0 Å². The van der Waals surface area contributed by atoms with Gasteiger partial charge in [-0.25, -0.2) is 4.79 Å². The number of nitrogens with zero attached hydrogens (tertiary/aromatic N) is 2. The number of esters is 1. The van der Waals surface area contributed by atoms with Gasteiger partial charge in [-0.05, 0) is 19.3 Å². The molecular formula is C17H18N2O4. The summed E-state index contributed by atoms with van der Waals surface area (Å²) in [6.07, 6.45) is 2.38. The predicted octanol–water partition coefficient (Wildman–Crippen LogP) is 2.51. The number of hydrogen-bond donors (Lipinski definition) is 0. The van der Waals surface area contributed by atoms with Crippen LogP contribution in [0.1, 0.15) is 29.8 Å². The van der Waals surface area contributed by atoms with E-state index in [1.807, 2.05) is 30.3 Å². The molecule has 1 aromatic carbocycles. The number of benzene rings is 1. The normalized spacial score (nSPS) is 17.8. The van der Waals surface area contributed by atoms with Crippen molar-refractivity contribution in [3.8, 4) is 11.3 Å². The summed E-state index contributed by atoms with van der Waals surface area (Å²) in [7, 11) is 1.34. The Morgan fingerprint density at radius 3 is 2.78 bits per heavy atom. The lowest BCUT2D eigenvalue weighted by Gasteiger charge is -2.33. The van der Waals surface area contributed by atoms with Crippen molar-refractivity contribution < 1.29 is 18.8 Å². The second kappa shape index (κ2) is 6.64. The first kappa shape index (κ1) is 15.3. The first-order valence-corrected chi connectivity index (χ1v) is 7.61. The molecule has 0 N–H and O–H groups in total. The van der Waals surface area contributed by atoms with Crippen LogP contribution in [0, 0.1) is 0 Å². The maximum absolute atomic E-state index is 12.7. The SMILES string of the molecule is COC(=O)C1CCCCN1C(=O)c1cc(-c2ccccc2)on1. The molecule has 1 saturated heterocycles. The summed E-state index contributed by atoms with van der Waals surface area (Å²) in [4.78, 5) is 26.1. The fourth-order valence-electron chi connectivity index (χ4n) is 2.82. The van der Waals surface area contributed by atoms with E-state index < -0.39 is 6.04 Å². The Bertz CT molecular complexity index is 696. The molecule has 0 saturated carbocycles. The summed E-state index contributed by atoms with van der Waals surface area (Å²) in [5.74, 6) is -0.156. The minimum Gasteiger partial charge on any atom is -0.467 e. The third-order valence-electron chi connectivity index (χ3n) is 4.02. The molecule has 23 heavy (non-hydrogen) atoms. The molecule has 1 aliphatic heterocycles. The number of hydrogen-bond acceptors (Lipinski definition) is 5. The minimum atomic E-state index is -0.543. The van der Waals surface area contributed by atoms with Crippen LogP contribution in [0.4, 0.5) is 0 Å². The molecule has 0 spiro atoms. The molecule has 1 atom stereocenters. The van der Waals surface area contributed by atoms with Gasteiger partial charge in [0, 0.05) is 18.2 Å². The fourth-order valence-corrected chi connectivity index (χ4v) is 2.82. The first-order valence-electron chi connectivity index (χ1n) is 7.61. The van der Waals surface area contributed by atoms with Gasteiger partial charge in [0.25, 0.3) is 5.91 Å². The van der Waals surface area contributed by atoms with Crippen molar-refractivity contribution in [2.75, 3.05) is 13.7 Å². The lowest BCUT2D eigenvalue weighted by Crippen LogP contribution is -2.48. The van der Waals surface area contributed by atoms with E-state index in [2.05, 4.69) is 5.16 Å². The number of likely N-dealkylation sites (tertiary alicyclic amines) is 1. The molecule has 0 aliphatic carbocycles.